The molecular formula is C10H17N5O4S. The van der Waals surface area contributed by atoms with Gasteiger partial charge in [0.05, 0.1) is 6.54 Å². The quantitative estimate of drug-likeness (QED) is 0.576. The van der Waals surface area contributed by atoms with Gasteiger partial charge in [-0.2, -0.15) is 12.7 Å². The molecule has 1 aromatic rings. The van der Waals surface area contributed by atoms with Crippen molar-refractivity contribution in [3.63, 3.8) is 0 Å². The number of nitrogens with one attached hydrogen (secondary N) is 1. The molecule has 1 aliphatic rings. The molecule has 0 saturated carbocycles. The van der Waals surface area contributed by atoms with E-state index in [0.29, 0.717) is 18.9 Å². The first kappa shape index (κ1) is 14.9. The Morgan fingerprint density at radius 1 is 1.55 bits per heavy atom. The fourth-order valence-corrected chi connectivity index (χ4v) is 3.08. The van der Waals surface area contributed by atoms with Gasteiger partial charge in [0.1, 0.15) is 11.9 Å². The molecule has 112 valence electrons. The van der Waals surface area contributed by atoms with Gasteiger partial charge in [0.2, 0.25) is 0 Å². The van der Waals surface area contributed by atoms with E-state index in [0.717, 1.165) is 0 Å². The van der Waals surface area contributed by atoms with Gasteiger partial charge in [-0.3, -0.25) is 4.79 Å². The van der Waals surface area contributed by atoms with Gasteiger partial charge in [-0.15, -0.1) is 0 Å². The number of hydrogen-bond donors (Lipinski definition) is 3. The minimum Gasteiger partial charge on any atom is -0.480 e. The monoisotopic (exact) mass is 303 g/mol. The molecule has 2 rings (SSSR count). The summed E-state index contributed by atoms with van der Waals surface area (Å²) < 4.78 is 29.6. The van der Waals surface area contributed by atoms with Gasteiger partial charge in [-0.1, -0.05) is 0 Å². The summed E-state index contributed by atoms with van der Waals surface area (Å²) in [5.41, 5.74) is 5.31. The minimum absolute atomic E-state index is 0.0132. The van der Waals surface area contributed by atoms with Crippen LogP contribution in [0.2, 0.25) is 0 Å². The van der Waals surface area contributed by atoms with Crippen LogP contribution in [0.15, 0.2) is 12.4 Å². The second-order valence-electron chi connectivity index (χ2n) is 4.50. The zero-order valence-corrected chi connectivity index (χ0v) is 11.6. The molecule has 0 radical (unpaired) electrons. The van der Waals surface area contributed by atoms with E-state index in [1.54, 1.807) is 12.4 Å². The van der Waals surface area contributed by atoms with E-state index < -0.39 is 22.2 Å². The summed E-state index contributed by atoms with van der Waals surface area (Å²) in [5, 5.41) is 8.62. The minimum atomic E-state index is -3.64. The number of carboxylic acid groups (broad SMARTS) is 1. The molecule has 1 atom stereocenters. The number of rotatable bonds is 6. The lowest BCUT2D eigenvalue weighted by Gasteiger charge is -2.27. The summed E-state index contributed by atoms with van der Waals surface area (Å²) in [6.45, 7) is 1.09. The molecule has 0 saturated heterocycles. The molecule has 0 fully saturated rings. The maximum atomic E-state index is 12.1. The first-order chi connectivity index (χ1) is 9.40. The van der Waals surface area contributed by atoms with E-state index in [1.165, 1.54) is 4.31 Å². The summed E-state index contributed by atoms with van der Waals surface area (Å²) in [7, 11) is -3.64. The lowest BCUT2D eigenvalue weighted by molar-refractivity contribution is -0.138. The number of nitrogens with two attached hydrogens (primary N) is 1. The van der Waals surface area contributed by atoms with Crippen LogP contribution in [0.4, 0.5) is 0 Å². The summed E-state index contributed by atoms with van der Waals surface area (Å²) >= 11 is 0. The Balaban J connectivity index is 1.90. The number of imidazole rings is 1. The van der Waals surface area contributed by atoms with E-state index in [4.69, 9.17) is 10.8 Å². The second-order valence-corrected chi connectivity index (χ2v) is 6.26. The van der Waals surface area contributed by atoms with Gasteiger partial charge >= 0.3 is 5.97 Å². The van der Waals surface area contributed by atoms with Crippen molar-refractivity contribution in [3.8, 4) is 0 Å². The third kappa shape index (κ3) is 3.33. The molecule has 9 nitrogen and oxygen atoms in total. The zero-order valence-electron chi connectivity index (χ0n) is 10.8. The molecule has 1 aliphatic heterocycles. The standard InChI is InChI=1S/C10H17N5O4S/c11-8(10(16)17)1-2-13-20(18,19)15-6-5-14-4-3-12-9(14)7-15/h3-4,8,13H,1-2,5-7,11H2,(H,16,17)/t8-/m0/s1. The molecule has 10 heteroatoms. The number of fused-ring (bicyclic) bond motifs is 1. The van der Waals surface area contributed by atoms with Crippen LogP contribution in [0.5, 0.6) is 0 Å². The van der Waals surface area contributed by atoms with Gasteiger partial charge in [-0.25, -0.2) is 9.71 Å². The highest BCUT2D eigenvalue weighted by Crippen LogP contribution is 2.12. The van der Waals surface area contributed by atoms with E-state index in [1.807, 2.05) is 4.57 Å². The first-order valence-corrected chi connectivity index (χ1v) is 7.57. The molecule has 20 heavy (non-hydrogen) atoms. The van der Waals surface area contributed by atoms with Crippen molar-refractivity contribution in [2.45, 2.75) is 25.6 Å². The van der Waals surface area contributed by atoms with E-state index in [2.05, 4.69) is 9.71 Å². The maximum absolute atomic E-state index is 12.1. The highest BCUT2D eigenvalue weighted by atomic mass is 32.2. The predicted octanol–water partition coefficient (Wildman–Crippen LogP) is -1.66. The van der Waals surface area contributed by atoms with Crippen molar-refractivity contribution < 1.29 is 18.3 Å². The predicted molar refractivity (Wildman–Crippen MR) is 69.8 cm³/mol. The number of aliphatic carboxylic acids is 1. The molecule has 0 bridgehead atoms. The summed E-state index contributed by atoms with van der Waals surface area (Å²) in [5.74, 6) is -0.465. The van der Waals surface area contributed by atoms with Crippen LogP contribution in [0.1, 0.15) is 12.2 Å². The second kappa shape index (κ2) is 5.87. The topological polar surface area (TPSA) is 131 Å². The highest BCUT2D eigenvalue weighted by molar-refractivity contribution is 7.87. The molecule has 0 spiro atoms. The molecule has 2 heterocycles. The Bertz CT molecular complexity index is 584. The number of carboxylic acids is 1. The Morgan fingerprint density at radius 3 is 3.00 bits per heavy atom. The van der Waals surface area contributed by atoms with Crippen LogP contribution in [0.3, 0.4) is 0 Å². The van der Waals surface area contributed by atoms with Crippen molar-refractivity contribution in [2.24, 2.45) is 5.73 Å². The van der Waals surface area contributed by atoms with Crippen molar-refractivity contribution >= 4 is 16.2 Å². The lowest BCUT2D eigenvalue weighted by Crippen LogP contribution is -2.46. The van der Waals surface area contributed by atoms with Gasteiger partial charge < -0.3 is 15.4 Å². The van der Waals surface area contributed by atoms with Crippen LogP contribution in [-0.4, -0.2) is 52.5 Å². The average Bonchev–Trinajstić information content (AvgIpc) is 2.85. The molecule has 0 unspecified atom stereocenters. The highest BCUT2D eigenvalue weighted by Gasteiger charge is 2.27. The van der Waals surface area contributed by atoms with Crippen LogP contribution < -0.4 is 10.5 Å². The third-order valence-corrected chi connectivity index (χ3v) is 4.67. The van der Waals surface area contributed by atoms with Crippen LogP contribution in [0.25, 0.3) is 0 Å². The smallest absolute Gasteiger partial charge is 0.320 e. The average molecular weight is 303 g/mol. The molecule has 4 N–H and O–H groups in total. The normalized spacial score (nSPS) is 17.6. The van der Waals surface area contributed by atoms with Crippen molar-refractivity contribution in [2.75, 3.05) is 13.1 Å². The van der Waals surface area contributed by atoms with Gasteiger partial charge in [0.15, 0.2) is 0 Å². The molecule has 0 amide bonds. The Labute approximate surface area is 116 Å². The molecule has 0 aliphatic carbocycles. The fourth-order valence-electron chi connectivity index (χ4n) is 1.91. The van der Waals surface area contributed by atoms with Gasteiger partial charge in [-0.05, 0) is 6.42 Å². The first-order valence-electron chi connectivity index (χ1n) is 6.13. The van der Waals surface area contributed by atoms with Crippen LogP contribution in [-0.2, 0) is 28.1 Å². The van der Waals surface area contributed by atoms with Crippen molar-refractivity contribution in [1.82, 2.24) is 18.6 Å². The van der Waals surface area contributed by atoms with Crippen molar-refractivity contribution in [3.05, 3.63) is 18.2 Å². The lowest BCUT2D eigenvalue weighted by atomic mass is 10.2. The zero-order chi connectivity index (χ0) is 14.8. The Hall–Kier alpha value is -1.49. The van der Waals surface area contributed by atoms with Crippen LogP contribution in [0, 0.1) is 0 Å². The number of nitrogens with zero attached hydrogens (tertiary/aromatic N) is 3. The summed E-state index contributed by atoms with van der Waals surface area (Å²) in [6, 6.07) is -1.07. The van der Waals surface area contributed by atoms with Crippen molar-refractivity contribution in [1.29, 1.82) is 0 Å². The summed E-state index contributed by atoms with van der Waals surface area (Å²) in [4.78, 5) is 14.6. The van der Waals surface area contributed by atoms with Gasteiger partial charge in [0, 0.05) is 32.0 Å². The third-order valence-electron chi connectivity index (χ3n) is 3.11. The molecule has 1 aromatic heterocycles. The number of hydrogen-bond acceptors (Lipinski definition) is 5. The summed E-state index contributed by atoms with van der Waals surface area (Å²) in [6.07, 6.45) is 3.47. The fraction of sp³-hybridized carbons (Fsp3) is 0.600. The number of aromatic nitrogens is 2. The Kier molecular flexibility index (Phi) is 4.38. The maximum Gasteiger partial charge on any atom is 0.320 e. The largest absolute Gasteiger partial charge is 0.480 e. The molecule has 0 aromatic carbocycles. The van der Waals surface area contributed by atoms with Crippen LogP contribution >= 0.6 is 0 Å². The van der Waals surface area contributed by atoms with E-state index in [9.17, 15) is 13.2 Å². The van der Waals surface area contributed by atoms with E-state index in [-0.39, 0.29) is 19.5 Å². The Morgan fingerprint density at radius 2 is 2.30 bits per heavy atom. The van der Waals surface area contributed by atoms with Gasteiger partial charge in [0.25, 0.3) is 10.2 Å². The van der Waals surface area contributed by atoms with E-state index >= 15 is 0 Å². The SMILES string of the molecule is N[C@@H](CCNS(=O)(=O)N1CCn2ccnc2C1)C(=O)O. The molecular weight excluding hydrogens is 286 g/mol. The number of carbonyl (C=O) groups is 1.